The van der Waals surface area contributed by atoms with Crippen LogP contribution in [0.5, 0.6) is 0 Å². The predicted molar refractivity (Wildman–Crippen MR) is 174 cm³/mol. The largest absolute Gasteiger partial charge is 0.317 e. The smallest absolute Gasteiger partial charge is 0.0967 e. The van der Waals surface area contributed by atoms with Crippen LogP contribution in [-0.4, -0.2) is 118 Å². The van der Waals surface area contributed by atoms with E-state index in [4.69, 9.17) is 0 Å². The Morgan fingerprint density at radius 1 is 0.455 bits per heavy atom. The molecule has 0 spiro atoms. The van der Waals surface area contributed by atoms with Crippen LogP contribution in [0.2, 0.25) is 0 Å². The average Bonchev–Trinajstić information content (AvgIpc) is 3.65. The lowest BCUT2D eigenvalue weighted by Gasteiger charge is -2.22. The fourth-order valence-corrected chi connectivity index (χ4v) is 5.99. The highest BCUT2D eigenvalue weighted by atomic mass is 15.4. The van der Waals surface area contributed by atoms with Gasteiger partial charge in [0.1, 0.15) is 0 Å². The molecule has 2 saturated heterocycles. The Morgan fingerprint density at radius 2 is 0.795 bits per heavy atom. The number of benzene rings is 1. The third kappa shape index (κ3) is 12.0. The minimum absolute atomic E-state index is 0.718. The molecule has 4 heterocycles. The van der Waals surface area contributed by atoms with Gasteiger partial charge in [0.25, 0.3) is 0 Å². The van der Waals surface area contributed by atoms with Crippen LogP contribution in [0.4, 0.5) is 0 Å². The Labute approximate surface area is 263 Å². The molecule has 0 saturated carbocycles. The summed E-state index contributed by atoms with van der Waals surface area (Å²) in [4.78, 5) is 5.02. The van der Waals surface area contributed by atoms with Crippen LogP contribution in [0.1, 0.15) is 61.0 Å². The van der Waals surface area contributed by atoms with Crippen molar-refractivity contribution in [1.29, 1.82) is 0 Å². The van der Waals surface area contributed by atoms with Crippen LogP contribution in [0, 0.1) is 0 Å². The van der Waals surface area contributed by atoms with Gasteiger partial charge in [0.15, 0.2) is 0 Å². The Morgan fingerprint density at radius 3 is 1.16 bits per heavy atom. The molecule has 2 aliphatic rings. The van der Waals surface area contributed by atoms with Crippen LogP contribution in [0.25, 0.3) is 0 Å². The van der Waals surface area contributed by atoms with Crippen LogP contribution in [0.15, 0.2) is 36.7 Å². The summed E-state index contributed by atoms with van der Waals surface area (Å²) in [7, 11) is 0. The van der Waals surface area contributed by atoms with E-state index in [9.17, 15) is 0 Å². The Hall–Kier alpha value is -2.74. The second-order valence-electron chi connectivity index (χ2n) is 12.3. The van der Waals surface area contributed by atoms with E-state index < -0.39 is 0 Å². The molecule has 0 unspecified atom stereocenters. The maximum atomic E-state index is 4.49. The van der Waals surface area contributed by atoms with Crippen molar-refractivity contribution in [3.63, 3.8) is 0 Å². The van der Waals surface area contributed by atoms with Crippen molar-refractivity contribution in [2.24, 2.45) is 0 Å². The Bertz CT molecular complexity index is 1060. The summed E-state index contributed by atoms with van der Waals surface area (Å²) in [6, 6.07) is 8.74. The molecule has 44 heavy (non-hydrogen) atoms. The summed E-state index contributed by atoms with van der Waals surface area (Å²) in [5, 5.41) is 32.1. The van der Waals surface area contributed by atoms with E-state index in [1.807, 2.05) is 9.36 Å². The molecule has 2 fully saturated rings. The number of hydrogen-bond donors (Lipinski definition) is 4. The zero-order chi connectivity index (χ0) is 30.1. The molecular formula is C32H54N12. The summed E-state index contributed by atoms with van der Waals surface area (Å²) in [6.45, 7) is 16.2. The molecule has 0 amide bonds. The van der Waals surface area contributed by atoms with E-state index in [2.05, 4.69) is 88.4 Å². The molecule has 12 nitrogen and oxygen atoms in total. The Balaban J connectivity index is 1.07. The van der Waals surface area contributed by atoms with Gasteiger partial charge in [0.2, 0.25) is 0 Å². The third-order valence-electron chi connectivity index (χ3n) is 8.38. The van der Waals surface area contributed by atoms with E-state index >= 15 is 0 Å². The van der Waals surface area contributed by atoms with Crippen molar-refractivity contribution in [3.8, 4) is 0 Å². The quantitative estimate of drug-likeness (QED) is 0.299. The van der Waals surface area contributed by atoms with E-state index in [1.54, 1.807) is 0 Å². The third-order valence-corrected chi connectivity index (χ3v) is 8.38. The molecule has 0 aliphatic carbocycles. The molecule has 2 aromatic heterocycles. The van der Waals surface area contributed by atoms with E-state index in [1.165, 1.54) is 24.0 Å². The molecule has 12 heteroatoms. The van der Waals surface area contributed by atoms with E-state index in [-0.39, 0.29) is 0 Å². The van der Waals surface area contributed by atoms with Crippen molar-refractivity contribution in [3.05, 3.63) is 59.2 Å². The Kier molecular flexibility index (Phi) is 14.0. The molecule has 1 aromatic carbocycles. The van der Waals surface area contributed by atoms with Crippen molar-refractivity contribution in [1.82, 2.24) is 61.1 Å². The van der Waals surface area contributed by atoms with Gasteiger partial charge in [-0.3, -0.25) is 9.80 Å². The van der Waals surface area contributed by atoms with Gasteiger partial charge in [0, 0.05) is 13.1 Å². The zero-order valence-electron chi connectivity index (χ0n) is 26.6. The molecule has 0 atom stereocenters. The minimum atomic E-state index is 0.718. The second-order valence-corrected chi connectivity index (χ2v) is 12.3. The number of hydrogen-bond acceptors (Lipinski definition) is 10. The van der Waals surface area contributed by atoms with Crippen LogP contribution in [0.3, 0.4) is 0 Å². The first-order valence-corrected chi connectivity index (χ1v) is 16.9. The van der Waals surface area contributed by atoms with Gasteiger partial charge in [-0.15, -0.1) is 10.2 Å². The van der Waals surface area contributed by atoms with E-state index in [0.717, 1.165) is 142 Å². The fourth-order valence-electron chi connectivity index (χ4n) is 5.99. The molecule has 0 radical (unpaired) electrons. The first kappa shape index (κ1) is 32.6. The monoisotopic (exact) mass is 606 g/mol. The van der Waals surface area contributed by atoms with Crippen molar-refractivity contribution in [2.75, 3.05) is 78.5 Å². The minimum Gasteiger partial charge on any atom is -0.317 e. The number of nitrogens with zero attached hydrogens (tertiary/aromatic N) is 8. The lowest BCUT2D eigenvalue weighted by molar-refractivity contribution is 0.252. The highest BCUT2D eigenvalue weighted by molar-refractivity contribution is 5.23. The van der Waals surface area contributed by atoms with Crippen LogP contribution in [-0.2, 0) is 26.2 Å². The SMILES string of the molecule is c1cc(Cn2cc(CN3CCCNCCCNCCC3)nn2)ccc1Cn1cc(CN2CCCNCCCNCCC2)nn1. The van der Waals surface area contributed by atoms with Crippen molar-refractivity contribution >= 4 is 0 Å². The normalized spacial score (nSPS) is 19.8. The molecule has 4 N–H and O–H groups in total. The summed E-state index contributed by atoms with van der Waals surface area (Å²) in [5.41, 5.74) is 4.51. The summed E-state index contributed by atoms with van der Waals surface area (Å²) in [5.74, 6) is 0. The van der Waals surface area contributed by atoms with Crippen molar-refractivity contribution < 1.29 is 0 Å². The molecule has 242 valence electrons. The summed E-state index contributed by atoms with van der Waals surface area (Å²) in [6.07, 6.45) is 11.3. The summed E-state index contributed by atoms with van der Waals surface area (Å²) >= 11 is 0. The molecular weight excluding hydrogens is 552 g/mol. The molecule has 2 aliphatic heterocycles. The van der Waals surface area contributed by atoms with Gasteiger partial charge in [-0.2, -0.15) is 0 Å². The van der Waals surface area contributed by atoms with Gasteiger partial charge in [-0.1, -0.05) is 34.7 Å². The maximum Gasteiger partial charge on any atom is 0.0967 e. The second kappa shape index (κ2) is 18.9. The van der Waals surface area contributed by atoms with Gasteiger partial charge < -0.3 is 21.3 Å². The van der Waals surface area contributed by atoms with Gasteiger partial charge in [-0.05, 0) is 128 Å². The van der Waals surface area contributed by atoms with E-state index in [0.29, 0.717) is 0 Å². The van der Waals surface area contributed by atoms with Crippen molar-refractivity contribution in [2.45, 2.75) is 64.7 Å². The van der Waals surface area contributed by atoms with Crippen LogP contribution < -0.4 is 21.3 Å². The van der Waals surface area contributed by atoms with Gasteiger partial charge >= 0.3 is 0 Å². The first-order chi connectivity index (χ1) is 21.8. The molecule has 0 bridgehead atoms. The lowest BCUT2D eigenvalue weighted by atomic mass is 10.1. The fraction of sp³-hybridized carbons (Fsp3) is 0.688. The van der Waals surface area contributed by atoms with Crippen LogP contribution >= 0.6 is 0 Å². The van der Waals surface area contributed by atoms with Gasteiger partial charge in [0.05, 0.1) is 36.9 Å². The highest BCUT2D eigenvalue weighted by Crippen LogP contribution is 2.10. The maximum absolute atomic E-state index is 4.49. The highest BCUT2D eigenvalue weighted by Gasteiger charge is 2.12. The topological polar surface area (TPSA) is 116 Å². The molecule has 3 aromatic rings. The number of aromatic nitrogens is 6. The number of rotatable bonds is 8. The lowest BCUT2D eigenvalue weighted by Crippen LogP contribution is -2.32. The average molecular weight is 607 g/mol. The standard InChI is InChI=1S/C32H54N12/c1-11-33-15-3-19-41(20-4-16-34-12-1)25-31-27-43(39-37-31)23-29-7-9-30(10-8-29)24-44-28-32(38-40-44)26-42-21-5-17-35-13-2-14-36-18-6-22-42/h7-10,27-28,33-36H,1-6,11-26H2. The predicted octanol–water partition coefficient (Wildman–Crippen LogP) is 1.30. The number of nitrogens with one attached hydrogen (secondary N) is 4. The van der Waals surface area contributed by atoms with Gasteiger partial charge in [-0.25, -0.2) is 9.36 Å². The molecule has 5 rings (SSSR count). The summed E-state index contributed by atoms with van der Waals surface area (Å²) < 4.78 is 3.91. The zero-order valence-corrected chi connectivity index (χ0v) is 26.6. The first-order valence-electron chi connectivity index (χ1n) is 16.9.